The predicted molar refractivity (Wildman–Crippen MR) is 120 cm³/mol. The summed E-state index contributed by atoms with van der Waals surface area (Å²) in [7, 11) is 0. The Morgan fingerprint density at radius 1 is 1.13 bits per heavy atom. The standard InChI is InChI=1S/C23H24ClN5O2/c24-17-1-2-18(26-12-17)15-31-20-6-10-29(23(30)11-20)19-3-4-22(27-13-19)28-9-7-21-16(14-28)5-8-25-21/h1-4,6,10-13,16,21,25H,5,7-9,14-15H2/t16-,21+/m0/s1. The number of aromatic nitrogens is 3. The van der Waals surface area contributed by atoms with Crippen LogP contribution in [0.25, 0.3) is 5.69 Å². The molecule has 0 aromatic carbocycles. The molecule has 1 N–H and O–H groups in total. The summed E-state index contributed by atoms with van der Waals surface area (Å²) in [6.07, 6.45) is 7.42. The molecule has 31 heavy (non-hydrogen) atoms. The molecule has 3 aromatic rings. The van der Waals surface area contributed by atoms with Gasteiger partial charge in [-0.25, -0.2) is 4.98 Å². The molecule has 8 heteroatoms. The van der Waals surface area contributed by atoms with Gasteiger partial charge in [-0.2, -0.15) is 0 Å². The zero-order valence-corrected chi connectivity index (χ0v) is 17.8. The molecule has 0 aliphatic carbocycles. The highest BCUT2D eigenvalue weighted by atomic mass is 35.5. The average molecular weight is 438 g/mol. The highest BCUT2D eigenvalue weighted by Gasteiger charge is 2.32. The van der Waals surface area contributed by atoms with Crippen LogP contribution in [0.1, 0.15) is 18.5 Å². The number of hydrogen-bond donors (Lipinski definition) is 1. The van der Waals surface area contributed by atoms with Crippen molar-refractivity contribution in [2.45, 2.75) is 25.5 Å². The SMILES string of the molecule is O=c1cc(OCc2ccc(Cl)cn2)ccn1-c1ccc(N2CC[C@H]3NCC[C@H]3C2)nc1. The molecular weight excluding hydrogens is 414 g/mol. The first-order valence-electron chi connectivity index (χ1n) is 10.6. The topological polar surface area (TPSA) is 72.3 Å². The summed E-state index contributed by atoms with van der Waals surface area (Å²) in [6.45, 7) is 3.44. The van der Waals surface area contributed by atoms with Crippen LogP contribution in [-0.4, -0.2) is 40.2 Å². The van der Waals surface area contributed by atoms with Gasteiger partial charge in [-0.05, 0) is 55.6 Å². The third-order valence-electron chi connectivity index (χ3n) is 6.06. The molecule has 7 nitrogen and oxygen atoms in total. The van der Waals surface area contributed by atoms with Gasteiger partial charge < -0.3 is 15.0 Å². The zero-order chi connectivity index (χ0) is 21.2. The Kier molecular flexibility index (Phi) is 5.61. The van der Waals surface area contributed by atoms with Crippen molar-refractivity contribution in [3.8, 4) is 11.4 Å². The summed E-state index contributed by atoms with van der Waals surface area (Å²) in [6, 6.07) is 11.4. The Morgan fingerprint density at radius 3 is 2.84 bits per heavy atom. The van der Waals surface area contributed by atoms with Crippen molar-refractivity contribution < 1.29 is 4.74 Å². The van der Waals surface area contributed by atoms with Crippen LogP contribution in [0.2, 0.25) is 5.02 Å². The van der Waals surface area contributed by atoms with Gasteiger partial charge in [0, 0.05) is 37.6 Å². The fourth-order valence-corrected chi connectivity index (χ4v) is 4.49. The number of anilines is 1. The highest BCUT2D eigenvalue weighted by molar-refractivity contribution is 6.30. The van der Waals surface area contributed by atoms with Crippen LogP contribution in [0.15, 0.2) is 59.8 Å². The smallest absolute Gasteiger partial charge is 0.258 e. The van der Waals surface area contributed by atoms with Crippen molar-refractivity contribution in [2.75, 3.05) is 24.5 Å². The van der Waals surface area contributed by atoms with Gasteiger partial charge >= 0.3 is 0 Å². The van der Waals surface area contributed by atoms with Crippen molar-refractivity contribution in [3.63, 3.8) is 0 Å². The van der Waals surface area contributed by atoms with Gasteiger partial charge in [-0.15, -0.1) is 0 Å². The van der Waals surface area contributed by atoms with Crippen LogP contribution in [0.3, 0.4) is 0 Å². The monoisotopic (exact) mass is 437 g/mol. The first-order chi connectivity index (χ1) is 15.2. The minimum atomic E-state index is -0.172. The minimum absolute atomic E-state index is 0.172. The van der Waals surface area contributed by atoms with Crippen molar-refractivity contribution in [2.24, 2.45) is 5.92 Å². The molecule has 0 unspecified atom stereocenters. The van der Waals surface area contributed by atoms with Crippen molar-refractivity contribution in [3.05, 3.63) is 76.1 Å². The molecule has 0 spiro atoms. The van der Waals surface area contributed by atoms with Gasteiger partial charge in [0.15, 0.2) is 0 Å². The van der Waals surface area contributed by atoms with Gasteiger partial charge in [-0.1, -0.05) is 11.6 Å². The number of rotatable bonds is 5. The molecule has 0 bridgehead atoms. The maximum Gasteiger partial charge on any atom is 0.258 e. The van der Waals surface area contributed by atoms with Crippen LogP contribution in [0, 0.1) is 5.92 Å². The second-order valence-corrected chi connectivity index (χ2v) is 8.48. The van der Waals surface area contributed by atoms with Gasteiger partial charge in [0.25, 0.3) is 5.56 Å². The number of pyridine rings is 3. The summed E-state index contributed by atoms with van der Waals surface area (Å²) < 4.78 is 7.26. The molecule has 2 aliphatic heterocycles. The summed E-state index contributed by atoms with van der Waals surface area (Å²) in [4.78, 5) is 23.8. The van der Waals surface area contributed by atoms with E-state index < -0.39 is 0 Å². The molecule has 2 fully saturated rings. The normalized spacial score (nSPS) is 20.5. The van der Waals surface area contributed by atoms with Crippen molar-refractivity contribution in [1.82, 2.24) is 19.9 Å². The lowest BCUT2D eigenvalue weighted by Crippen LogP contribution is -2.44. The lowest BCUT2D eigenvalue weighted by atomic mass is 9.93. The summed E-state index contributed by atoms with van der Waals surface area (Å²) >= 11 is 5.84. The lowest BCUT2D eigenvalue weighted by Gasteiger charge is -2.35. The third kappa shape index (κ3) is 4.43. The molecule has 0 saturated carbocycles. The molecule has 0 amide bonds. The highest BCUT2D eigenvalue weighted by Crippen LogP contribution is 2.27. The van der Waals surface area contributed by atoms with Crippen LogP contribution in [0.4, 0.5) is 5.82 Å². The summed E-state index contributed by atoms with van der Waals surface area (Å²) in [5.74, 6) is 2.17. The molecule has 5 rings (SSSR count). The Labute approximate surface area is 185 Å². The fourth-order valence-electron chi connectivity index (χ4n) is 4.38. The zero-order valence-electron chi connectivity index (χ0n) is 17.1. The van der Waals surface area contributed by atoms with E-state index in [-0.39, 0.29) is 12.2 Å². The molecule has 2 saturated heterocycles. The van der Waals surface area contributed by atoms with E-state index in [1.165, 1.54) is 12.5 Å². The molecule has 5 heterocycles. The maximum absolute atomic E-state index is 12.6. The quantitative estimate of drug-likeness (QED) is 0.661. The van der Waals surface area contributed by atoms with Gasteiger partial charge in [-0.3, -0.25) is 14.3 Å². The molecule has 0 radical (unpaired) electrons. The van der Waals surface area contributed by atoms with E-state index in [0.29, 0.717) is 22.7 Å². The van der Waals surface area contributed by atoms with E-state index in [4.69, 9.17) is 16.3 Å². The van der Waals surface area contributed by atoms with Gasteiger partial charge in [0.05, 0.1) is 22.6 Å². The number of piperidine rings is 1. The predicted octanol–water partition coefficient (Wildman–Crippen LogP) is 3.05. The Bertz CT molecular complexity index is 1100. The molecule has 2 atom stereocenters. The Hall–Kier alpha value is -2.90. The number of nitrogens with zero attached hydrogens (tertiary/aromatic N) is 4. The number of halogens is 1. The van der Waals surface area contributed by atoms with E-state index in [1.54, 1.807) is 41.4 Å². The second kappa shape index (κ2) is 8.69. The van der Waals surface area contributed by atoms with Crippen LogP contribution < -0.4 is 20.5 Å². The summed E-state index contributed by atoms with van der Waals surface area (Å²) in [5.41, 5.74) is 1.30. The third-order valence-corrected chi connectivity index (χ3v) is 6.28. The minimum Gasteiger partial charge on any atom is -0.487 e. The van der Waals surface area contributed by atoms with Crippen LogP contribution >= 0.6 is 11.6 Å². The Balaban J connectivity index is 1.25. The molecule has 3 aromatic heterocycles. The molecular formula is C23H24ClN5O2. The van der Waals surface area contributed by atoms with Gasteiger partial charge in [0.2, 0.25) is 0 Å². The van der Waals surface area contributed by atoms with E-state index >= 15 is 0 Å². The lowest BCUT2D eigenvalue weighted by molar-refractivity contribution is 0.300. The summed E-state index contributed by atoms with van der Waals surface area (Å²) in [5, 5.41) is 4.16. The second-order valence-electron chi connectivity index (χ2n) is 8.05. The van der Waals surface area contributed by atoms with E-state index in [0.717, 1.165) is 43.3 Å². The maximum atomic E-state index is 12.6. The number of ether oxygens (including phenoxy) is 1. The largest absolute Gasteiger partial charge is 0.487 e. The van der Waals surface area contributed by atoms with Gasteiger partial charge in [0.1, 0.15) is 18.2 Å². The van der Waals surface area contributed by atoms with Crippen LogP contribution in [0.5, 0.6) is 5.75 Å². The van der Waals surface area contributed by atoms with Crippen molar-refractivity contribution >= 4 is 17.4 Å². The van der Waals surface area contributed by atoms with Crippen molar-refractivity contribution in [1.29, 1.82) is 0 Å². The molecule has 160 valence electrons. The first-order valence-corrected chi connectivity index (χ1v) is 10.9. The van der Waals surface area contributed by atoms with Crippen LogP contribution in [-0.2, 0) is 6.61 Å². The fraction of sp³-hybridized carbons (Fsp3) is 0.348. The van der Waals surface area contributed by atoms with E-state index in [1.807, 2.05) is 12.1 Å². The average Bonchev–Trinajstić information content (AvgIpc) is 3.27. The molecule has 2 aliphatic rings. The first kappa shape index (κ1) is 20.0. The van der Waals surface area contributed by atoms with E-state index in [2.05, 4.69) is 20.2 Å². The van der Waals surface area contributed by atoms with E-state index in [9.17, 15) is 4.79 Å². The number of nitrogens with one attached hydrogen (secondary N) is 1. The number of hydrogen-bond acceptors (Lipinski definition) is 6. The Morgan fingerprint density at radius 2 is 2.06 bits per heavy atom. The number of fused-ring (bicyclic) bond motifs is 1.